The van der Waals surface area contributed by atoms with E-state index in [0.717, 1.165) is 26.2 Å². The number of hydrogen-bond acceptors (Lipinski definition) is 2. The molecule has 4 nitrogen and oxygen atoms in total. The molecule has 0 saturated carbocycles. The second-order valence-corrected chi connectivity index (χ2v) is 4.07. The van der Waals surface area contributed by atoms with Crippen molar-refractivity contribution in [2.24, 2.45) is 5.73 Å². The summed E-state index contributed by atoms with van der Waals surface area (Å²) < 4.78 is 0. The number of hydrogen-bond donors (Lipinski definition) is 2. The largest absolute Gasteiger partial charge is 0.351 e. The van der Waals surface area contributed by atoms with Gasteiger partial charge in [-0.2, -0.15) is 0 Å². The highest BCUT2D eigenvalue weighted by Crippen LogP contribution is 2.18. The Morgan fingerprint density at radius 3 is 2.06 bits per heavy atom. The van der Waals surface area contributed by atoms with Crippen LogP contribution in [0.2, 0.25) is 0 Å². The van der Waals surface area contributed by atoms with Gasteiger partial charge in [0.05, 0.1) is 0 Å². The molecule has 2 bridgehead atoms. The second-order valence-electron chi connectivity index (χ2n) is 4.07. The molecule has 3 N–H and O–H groups in total. The number of amides is 2. The molecule has 1 fully saturated rings. The molecule has 86 valence electrons. The van der Waals surface area contributed by atoms with Crippen LogP contribution in [-0.2, 0) is 6.42 Å². The first-order chi connectivity index (χ1) is 7.75. The molecule has 0 radical (unpaired) electrons. The lowest BCUT2D eigenvalue weighted by Crippen LogP contribution is -2.48. The van der Waals surface area contributed by atoms with E-state index in [1.807, 2.05) is 0 Å². The van der Waals surface area contributed by atoms with E-state index < -0.39 is 0 Å². The molecule has 1 saturated heterocycles. The normalized spacial score (nSPS) is 16.9. The van der Waals surface area contributed by atoms with E-state index in [1.165, 1.54) is 17.5 Å². The molecular formula is C12H17N3O. The molecule has 1 aliphatic heterocycles. The number of primary amides is 1. The first kappa shape index (κ1) is 11.0. The fourth-order valence-corrected chi connectivity index (χ4v) is 1.84. The maximum atomic E-state index is 10.5. The molecule has 0 atom stereocenters. The zero-order valence-corrected chi connectivity index (χ0v) is 9.28. The molecular weight excluding hydrogens is 202 g/mol. The van der Waals surface area contributed by atoms with Crippen LogP contribution in [0, 0.1) is 0 Å². The molecule has 2 amide bonds. The molecule has 0 aromatic heterocycles. The average Bonchev–Trinajstić information content (AvgIpc) is 2.31. The lowest BCUT2D eigenvalue weighted by molar-refractivity contribution is 0.200. The fourth-order valence-electron chi connectivity index (χ4n) is 1.84. The average molecular weight is 219 g/mol. The minimum Gasteiger partial charge on any atom is -0.351 e. The summed E-state index contributed by atoms with van der Waals surface area (Å²) in [5, 5.41) is 3.12. The molecule has 1 heterocycles. The van der Waals surface area contributed by atoms with E-state index in [-0.39, 0.29) is 6.03 Å². The number of carbonyl (C=O) groups excluding carboxylic acids is 1. The Hall–Kier alpha value is -1.55. The van der Waals surface area contributed by atoms with Crippen molar-refractivity contribution in [3.05, 3.63) is 35.4 Å². The first-order valence-electron chi connectivity index (χ1n) is 5.58. The molecule has 2 aliphatic carbocycles. The number of carbonyl (C=O) groups is 1. The Morgan fingerprint density at radius 2 is 1.81 bits per heavy atom. The van der Waals surface area contributed by atoms with Crippen molar-refractivity contribution in [3.63, 3.8) is 0 Å². The Kier molecular flexibility index (Phi) is 3.41. The molecule has 16 heavy (non-hydrogen) atoms. The summed E-state index contributed by atoms with van der Waals surface area (Å²) in [6, 6.07) is 8.34. The van der Waals surface area contributed by atoms with Crippen molar-refractivity contribution in [2.75, 3.05) is 26.2 Å². The molecule has 4 heteroatoms. The van der Waals surface area contributed by atoms with Crippen molar-refractivity contribution in [2.45, 2.75) is 6.42 Å². The van der Waals surface area contributed by atoms with E-state index in [1.54, 1.807) is 4.90 Å². The number of nitrogens with zero attached hydrogens (tertiary/aromatic N) is 1. The van der Waals surface area contributed by atoms with Gasteiger partial charge in [0, 0.05) is 26.2 Å². The summed E-state index contributed by atoms with van der Waals surface area (Å²) >= 11 is 0. The van der Waals surface area contributed by atoms with Gasteiger partial charge in [0.1, 0.15) is 0 Å². The van der Waals surface area contributed by atoms with E-state index in [2.05, 4.69) is 29.6 Å². The van der Waals surface area contributed by atoms with Gasteiger partial charge in [0.25, 0.3) is 0 Å². The molecule has 0 unspecified atom stereocenters. The lowest BCUT2D eigenvalue weighted by atomic mass is 9.94. The summed E-state index contributed by atoms with van der Waals surface area (Å²) in [5.41, 5.74) is 7.99. The van der Waals surface area contributed by atoms with Gasteiger partial charge in [-0.25, -0.2) is 4.79 Å². The molecule has 1 aromatic rings. The van der Waals surface area contributed by atoms with Gasteiger partial charge in [-0.3, -0.25) is 0 Å². The SMILES string of the molecule is NC(=O)N1CCNCC1.c1cc2cc(c1)C2. The molecule has 3 aliphatic rings. The Bertz CT molecular complexity index is 348. The van der Waals surface area contributed by atoms with E-state index in [0.29, 0.717) is 0 Å². The van der Waals surface area contributed by atoms with Gasteiger partial charge in [-0.15, -0.1) is 0 Å². The maximum Gasteiger partial charge on any atom is 0.314 e. The first-order valence-corrected chi connectivity index (χ1v) is 5.58. The number of piperazine rings is 1. The number of urea groups is 1. The zero-order valence-electron chi connectivity index (χ0n) is 9.28. The maximum absolute atomic E-state index is 10.5. The number of benzene rings is 1. The fraction of sp³-hybridized carbons (Fsp3) is 0.417. The van der Waals surface area contributed by atoms with E-state index in [4.69, 9.17) is 5.73 Å². The summed E-state index contributed by atoms with van der Waals surface area (Å²) in [6.07, 6.45) is 1.22. The van der Waals surface area contributed by atoms with Crippen LogP contribution in [-0.4, -0.2) is 37.1 Å². The van der Waals surface area contributed by atoms with Crippen molar-refractivity contribution < 1.29 is 4.79 Å². The monoisotopic (exact) mass is 219 g/mol. The van der Waals surface area contributed by atoms with Crippen LogP contribution >= 0.6 is 0 Å². The predicted molar refractivity (Wildman–Crippen MR) is 63.3 cm³/mol. The van der Waals surface area contributed by atoms with Crippen LogP contribution in [0.5, 0.6) is 0 Å². The van der Waals surface area contributed by atoms with Crippen LogP contribution in [0.15, 0.2) is 24.3 Å². The second kappa shape index (κ2) is 4.99. The summed E-state index contributed by atoms with van der Waals surface area (Å²) in [5.74, 6) is 0. The standard InChI is InChI=1S/C7H6.C5H11N3O/c1-2-6-4-7(3-1)5-6;6-5(9)8-3-1-7-2-4-8/h1-4H,5H2;7H,1-4H2,(H2,6,9). The van der Waals surface area contributed by atoms with Crippen LogP contribution in [0.25, 0.3) is 0 Å². The van der Waals surface area contributed by atoms with Gasteiger partial charge in [0.2, 0.25) is 0 Å². The third-order valence-corrected chi connectivity index (χ3v) is 2.83. The Labute approximate surface area is 95.4 Å². The van der Waals surface area contributed by atoms with Gasteiger partial charge in [-0.1, -0.05) is 24.3 Å². The van der Waals surface area contributed by atoms with Gasteiger partial charge < -0.3 is 16.0 Å². The zero-order chi connectivity index (χ0) is 11.4. The summed E-state index contributed by atoms with van der Waals surface area (Å²) in [4.78, 5) is 12.1. The number of nitrogens with one attached hydrogen (secondary N) is 1. The van der Waals surface area contributed by atoms with Gasteiger partial charge in [0.15, 0.2) is 0 Å². The van der Waals surface area contributed by atoms with Crippen LogP contribution in [0.3, 0.4) is 0 Å². The summed E-state index contributed by atoms with van der Waals surface area (Å²) in [6.45, 7) is 3.22. The highest BCUT2D eigenvalue weighted by atomic mass is 16.2. The van der Waals surface area contributed by atoms with Crippen LogP contribution in [0.1, 0.15) is 11.1 Å². The van der Waals surface area contributed by atoms with Gasteiger partial charge in [-0.05, 0) is 17.5 Å². The molecule has 1 aromatic carbocycles. The highest BCUT2D eigenvalue weighted by Gasteiger charge is 2.11. The Balaban J connectivity index is 0.000000123. The van der Waals surface area contributed by atoms with Gasteiger partial charge >= 0.3 is 6.03 Å². The third kappa shape index (κ3) is 2.73. The molecule has 0 spiro atoms. The number of rotatable bonds is 0. The van der Waals surface area contributed by atoms with Crippen molar-refractivity contribution in [3.8, 4) is 0 Å². The van der Waals surface area contributed by atoms with Crippen LogP contribution < -0.4 is 11.1 Å². The third-order valence-electron chi connectivity index (χ3n) is 2.83. The highest BCUT2D eigenvalue weighted by molar-refractivity contribution is 5.72. The smallest absolute Gasteiger partial charge is 0.314 e. The lowest BCUT2D eigenvalue weighted by Gasteiger charge is -2.25. The minimum absolute atomic E-state index is 0.309. The minimum atomic E-state index is -0.309. The predicted octanol–water partition coefficient (Wildman–Crippen LogP) is 0.561. The topological polar surface area (TPSA) is 58.4 Å². The van der Waals surface area contributed by atoms with Crippen molar-refractivity contribution >= 4 is 6.03 Å². The van der Waals surface area contributed by atoms with E-state index in [9.17, 15) is 4.79 Å². The van der Waals surface area contributed by atoms with E-state index >= 15 is 0 Å². The Morgan fingerprint density at radius 1 is 1.25 bits per heavy atom. The number of fused-ring (bicyclic) bond motifs is 2. The quantitative estimate of drug-likeness (QED) is 0.680. The van der Waals surface area contributed by atoms with Crippen LogP contribution in [0.4, 0.5) is 4.79 Å². The van der Waals surface area contributed by atoms with Crippen molar-refractivity contribution in [1.82, 2.24) is 10.2 Å². The molecule has 4 rings (SSSR count). The number of nitrogens with two attached hydrogens (primary N) is 1. The summed E-state index contributed by atoms with van der Waals surface area (Å²) in [7, 11) is 0. The van der Waals surface area contributed by atoms with Crippen molar-refractivity contribution in [1.29, 1.82) is 0 Å².